The number of benzene rings is 2. The quantitative estimate of drug-likeness (QED) is 0.302. The standard InChI is InChI=1S/C19H16N4O6/c1-11-9-12(7-8-14(11)23(27)28)18(25)21-20-17-13-5-3-4-6-15(13)22(19(17)26)10-16(24)29-2/h3-9,26H,10H2,1-2H3. The number of fused-ring (bicyclic) bond motifs is 1. The Morgan fingerprint density at radius 3 is 2.62 bits per heavy atom. The van der Waals surface area contributed by atoms with Crippen LogP contribution in [0.25, 0.3) is 10.9 Å². The Morgan fingerprint density at radius 2 is 1.97 bits per heavy atom. The van der Waals surface area contributed by atoms with Gasteiger partial charge < -0.3 is 9.84 Å². The van der Waals surface area contributed by atoms with E-state index in [2.05, 4.69) is 15.0 Å². The number of nitrogens with zero attached hydrogens (tertiary/aromatic N) is 4. The van der Waals surface area contributed by atoms with Crippen molar-refractivity contribution in [2.75, 3.05) is 7.11 Å². The molecule has 0 aliphatic rings. The molecule has 0 bridgehead atoms. The minimum atomic E-state index is -0.729. The average Bonchev–Trinajstić information content (AvgIpc) is 2.96. The van der Waals surface area contributed by atoms with Gasteiger partial charge in [0.1, 0.15) is 6.54 Å². The number of nitro benzene ring substituents is 1. The molecule has 0 spiro atoms. The maximum atomic E-state index is 12.3. The van der Waals surface area contributed by atoms with Crippen LogP contribution in [-0.4, -0.2) is 33.6 Å². The number of carbonyl (C=O) groups excluding carboxylic acids is 2. The first-order valence-electron chi connectivity index (χ1n) is 8.41. The molecule has 29 heavy (non-hydrogen) atoms. The molecule has 0 fully saturated rings. The molecule has 0 saturated carbocycles. The van der Waals surface area contributed by atoms with Gasteiger partial charge in [0.05, 0.1) is 17.5 Å². The Morgan fingerprint density at radius 1 is 1.24 bits per heavy atom. The maximum Gasteiger partial charge on any atom is 0.325 e. The predicted molar refractivity (Wildman–Crippen MR) is 102 cm³/mol. The van der Waals surface area contributed by atoms with Gasteiger partial charge in [-0.2, -0.15) is 0 Å². The highest BCUT2D eigenvalue weighted by molar-refractivity contribution is 5.98. The van der Waals surface area contributed by atoms with Crippen LogP contribution in [0, 0.1) is 17.0 Å². The highest BCUT2D eigenvalue weighted by atomic mass is 16.6. The van der Waals surface area contributed by atoms with Crippen LogP contribution in [0.4, 0.5) is 11.4 Å². The molecular weight excluding hydrogens is 380 g/mol. The number of methoxy groups -OCH3 is 1. The van der Waals surface area contributed by atoms with Crippen LogP contribution in [0.1, 0.15) is 15.9 Å². The number of amides is 1. The fourth-order valence-corrected chi connectivity index (χ4v) is 2.87. The van der Waals surface area contributed by atoms with E-state index < -0.39 is 16.8 Å². The van der Waals surface area contributed by atoms with Crippen molar-refractivity contribution in [3.05, 3.63) is 63.7 Å². The van der Waals surface area contributed by atoms with E-state index in [-0.39, 0.29) is 29.4 Å². The SMILES string of the molecule is COC(=O)Cn1c(O)c(N=NC(=O)c2ccc([N+](=O)[O-])c(C)c2)c2ccccc21. The van der Waals surface area contributed by atoms with Crippen molar-refractivity contribution in [3.8, 4) is 5.88 Å². The highest BCUT2D eigenvalue weighted by Crippen LogP contribution is 2.38. The topological polar surface area (TPSA) is 136 Å². The highest BCUT2D eigenvalue weighted by Gasteiger charge is 2.19. The van der Waals surface area contributed by atoms with Gasteiger partial charge in [-0.05, 0) is 25.1 Å². The van der Waals surface area contributed by atoms with Gasteiger partial charge in [0.15, 0.2) is 5.69 Å². The van der Waals surface area contributed by atoms with Crippen molar-refractivity contribution < 1.29 is 24.4 Å². The monoisotopic (exact) mass is 396 g/mol. The average molecular weight is 396 g/mol. The number of ether oxygens (including phenoxy) is 1. The third-order valence-corrected chi connectivity index (χ3v) is 4.31. The van der Waals surface area contributed by atoms with Crippen molar-refractivity contribution >= 4 is 34.2 Å². The molecule has 0 aliphatic heterocycles. The molecule has 1 amide bonds. The molecular formula is C19H16N4O6. The van der Waals surface area contributed by atoms with Crippen molar-refractivity contribution in [2.24, 2.45) is 10.2 Å². The first kappa shape index (κ1) is 19.7. The summed E-state index contributed by atoms with van der Waals surface area (Å²) in [5, 5.41) is 29.4. The summed E-state index contributed by atoms with van der Waals surface area (Å²) < 4.78 is 5.94. The lowest BCUT2D eigenvalue weighted by molar-refractivity contribution is -0.385. The molecule has 0 saturated heterocycles. The second kappa shape index (κ2) is 7.89. The smallest absolute Gasteiger partial charge is 0.325 e. The van der Waals surface area contributed by atoms with Crippen molar-refractivity contribution in [3.63, 3.8) is 0 Å². The van der Waals surface area contributed by atoms with Gasteiger partial charge in [-0.1, -0.05) is 18.2 Å². The van der Waals surface area contributed by atoms with Crippen LogP contribution in [0.5, 0.6) is 5.88 Å². The van der Waals surface area contributed by atoms with E-state index in [1.807, 2.05) is 0 Å². The molecule has 1 aromatic heterocycles. The maximum absolute atomic E-state index is 12.3. The molecule has 1 N–H and O–H groups in total. The van der Waals surface area contributed by atoms with Crippen molar-refractivity contribution in [1.82, 2.24) is 4.57 Å². The molecule has 10 heteroatoms. The van der Waals surface area contributed by atoms with Crippen LogP contribution in [-0.2, 0) is 16.1 Å². The van der Waals surface area contributed by atoms with Crippen molar-refractivity contribution in [1.29, 1.82) is 0 Å². The molecule has 3 rings (SSSR count). The third kappa shape index (κ3) is 3.81. The van der Waals surface area contributed by atoms with E-state index in [0.29, 0.717) is 16.5 Å². The first-order chi connectivity index (χ1) is 13.8. The molecule has 2 aromatic carbocycles. The second-order valence-corrected chi connectivity index (χ2v) is 6.12. The minimum absolute atomic E-state index is 0.0245. The van der Waals surface area contributed by atoms with Gasteiger partial charge in [0.25, 0.3) is 11.6 Å². The minimum Gasteiger partial charge on any atom is -0.493 e. The number of aryl methyl sites for hydroxylation is 1. The number of aromatic hydroxyl groups is 1. The summed E-state index contributed by atoms with van der Waals surface area (Å²) in [5.74, 6) is -1.64. The Hall–Kier alpha value is -4.08. The van der Waals surface area contributed by atoms with Crippen LogP contribution in [0.15, 0.2) is 52.7 Å². The molecule has 0 aliphatic carbocycles. The zero-order valence-corrected chi connectivity index (χ0v) is 15.5. The van der Waals surface area contributed by atoms with Gasteiger partial charge in [-0.3, -0.25) is 24.3 Å². The van der Waals surface area contributed by atoms with Crippen LogP contribution in [0.3, 0.4) is 0 Å². The number of nitro groups is 1. The Kier molecular flexibility index (Phi) is 5.35. The Balaban J connectivity index is 1.97. The van der Waals surface area contributed by atoms with Gasteiger partial charge in [-0.15, -0.1) is 10.2 Å². The number of rotatable bonds is 5. The summed E-state index contributed by atoms with van der Waals surface area (Å²) in [4.78, 5) is 34.3. The molecule has 0 atom stereocenters. The number of aromatic nitrogens is 1. The molecule has 0 unspecified atom stereocenters. The fourth-order valence-electron chi connectivity index (χ4n) is 2.87. The van der Waals surface area contributed by atoms with E-state index in [1.54, 1.807) is 24.3 Å². The van der Waals surface area contributed by atoms with Crippen LogP contribution < -0.4 is 0 Å². The number of hydrogen-bond donors (Lipinski definition) is 1. The number of hydrogen-bond acceptors (Lipinski definition) is 7. The van der Waals surface area contributed by atoms with E-state index >= 15 is 0 Å². The van der Waals surface area contributed by atoms with Crippen molar-refractivity contribution in [2.45, 2.75) is 13.5 Å². The molecule has 1 heterocycles. The lowest BCUT2D eigenvalue weighted by Gasteiger charge is -2.04. The Labute approximate surface area is 164 Å². The summed E-state index contributed by atoms with van der Waals surface area (Å²) in [7, 11) is 1.23. The predicted octanol–water partition coefficient (Wildman–Crippen LogP) is 3.66. The lowest BCUT2D eigenvalue weighted by Crippen LogP contribution is -2.10. The van der Waals surface area contributed by atoms with Crippen LogP contribution >= 0.6 is 0 Å². The summed E-state index contributed by atoms with van der Waals surface area (Å²) in [6.07, 6.45) is 0. The van der Waals surface area contributed by atoms with E-state index in [1.165, 1.54) is 36.8 Å². The third-order valence-electron chi connectivity index (χ3n) is 4.31. The summed E-state index contributed by atoms with van der Waals surface area (Å²) in [5.41, 5.74) is 0.865. The molecule has 0 radical (unpaired) electrons. The van der Waals surface area contributed by atoms with Gasteiger partial charge in [0.2, 0.25) is 5.88 Å². The van der Waals surface area contributed by atoms with Crippen LogP contribution in [0.2, 0.25) is 0 Å². The summed E-state index contributed by atoms with van der Waals surface area (Å²) >= 11 is 0. The first-order valence-corrected chi connectivity index (χ1v) is 8.41. The number of carbonyl (C=O) groups is 2. The second-order valence-electron chi connectivity index (χ2n) is 6.12. The fraction of sp³-hybridized carbons (Fsp3) is 0.158. The molecule has 10 nitrogen and oxygen atoms in total. The molecule has 148 valence electrons. The zero-order chi connectivity index (χ0) is 21.1. The number of para-hydroxylation sites is 1. The zero-order valence-electron chi connectivity index (χ0n) is 15.5. The van der Waals surface area contributed by atoms with E-state index in [0.717, 1.165) is 0 Å². The van der Waals surface area contributed by atoms with E-state index in [4.69, 9.17) is 0 Å². The number of azo groups is 1. The summed E-state index contributed by atoms with van der Waals surface area (Å²) in [6.45, 7) is 1.27. The van der Waals surface area contributed by atoms with E-state index in [9.17, 15) is 24.8 Å². The normalized spacial score (nSPS) is 11.1. The van der Waals surface area contributed by atoms with Gasteiger partial charge in [-0.25, -0.2) is 0 Å². The number of esters is 1. The largest absolute Gasteiger partial charge is 0.493 e. The van der Waals surface area contributed by atoms with Gasteiger partial charge >= 0.3 is 5.97 Å². The lowest BCUT2D eigenvalue weighted by atomic mass is 10.1. The Bertz CT molecular complexity index is 1160. The van der Waals surface area contributed by atoms with Gasteiger partial charge in [0, 0.05) is 22.6 Å². The summed E-state index contributed by atoms with van der Waals surface area (Å²) in [6, 6.07) is 10.6. The molecule has 3 aromatic rings.